The predicted octanol–water partition coefficient (Wildman–Crippen LogP) is 3.50. The average Bonchev–Trinajstić information content (AvgIpc) is 3.33. The monoisotopic (exact) mass is 707 g/mol. The second kappa shape index (κ2) is 16.4. The highest BCUT2D eigenvalue weighted by atomic mass is 32.2. The Labute approximate surface area is 293 Å². The largest absolute Gasteiger partial charge is 0.346 e. The molecule has 0 aromatic heterocycles. The van der Waals surface area contributed by atoms with Crippen molar-refractivity contribution >= 4 is 39.4 Å². The van der Waals surface area contributed by atoms with Crippen LogP contribution >= 0.6 is 0 Å². The van der Waals surface area contributed by atoms with Gasteiger partial charge in [0.15, 0.2) is 9.84 Å². The molecule has 3 fully saturated rings. The summed E-state index contributed by atoms with van der Waals surface area (Å²) in [6, 6.07) is -4.10. The van der Waals surface area contributed by atoms with Crippen LogP contribution in [-0.2, 0) is 29.0 Å². The number of nitrogens with zero attached hydrogens (tertiary/aromatic N) is 1. The van der Waals surface area contributed by atoms with E-state index >= 15 is 0 Å². The lowest BCUT2D eigenvalue weighted by molar-refractivity contribution is -0.144. The lowest BCUT2D eigenvalue weighted by Crippen LogP contribution is -2.61. The van der Waals surface area contributed by atoms with Crippen molar-refractivity contribution in [1.29, 1.82) is 0 Å². The second-order valence-electron chi connectivity index (χ2n) is 16.2. The number of Topliss-reactive ketones (excluding diaryl/α,β-unsaturated/α-hetero) is 1. The van der Waals surface area contributed by atoms with Gasteiger partial charge in [0.25, 0.3) is 5.91 Å². The summed E-state index contributed by atoms with van der Waals surface area (Å²) in [5.74, 6) is -3.00. The molecule has 1 heterocycles. The standard InChI is InChI=1S/C36H61N5O7S/c1-10-12-18-25(30(42)32(44)37-19-11-2)38-31(43)29-27-24(36(27,8)9)20-41(29)33(45)28(23-16-14-13-15-17-23)40-34(46)39-26(22(3)4)21-49(47,48)35(5,6)7/h11,22-29H,2,10,12-21H2,1,3-9H3,(H,37,44)(H,38,43)(H2,39,40,46)/t24?,25?,26-,27+,28+,29+/m1/s1. The number of carbonyl (C=O) groups excluding carboxylic acids is 5. The summed E-state index contributed by atoms with van der Waals surface area (Å²) < 4.78 is 25.1. The summed E-state index contributed by atoms with van der Waals surface area (Å²) in [4.78, 5) is 69.5. The van der Waals surface area contributed by atoms with Crippen LogP contribution in [0.25, 0.3) is 0 Å². The molecule has 0 aromatic carbocycles. The van der Waals surface area contributed by atoms with Crippen LogP contribution in [-0.4, -0.2) is 90.6 Å². The van der Waals surface area contributed by atoms with Gasteiger partial charge in [-0.2, -0.15) is 0 Å². The van der Waals surface area contributed by atoms with Crippen LogP contribution < -0.4 is 21.3 Å². The first-order valence-electron chi connectivity index (χ1n) is 18.1. The van der Waals surface area contributed by atoms with Crippen LogP contribution in [0.4, 0.5) is 4.79 Å². The van der Waals surface area contributed by atoms with E-state index in [0.717, 1.165) is 38.5 Å². The molecule has 5 amide bonds. The zero-order valence-electron chi connectivity index (χ0n) is 30.9. The number of sulfone groups is 1. The number of ketones is 1. The highest BCUT2D eigenvalue weighted by Gasteiger charge is 2.69. The maximum atomic E-state index is 14.5. The second-order valence-corrected chi connectivity index (χ2v) is 19.0. The SMILES string of the molecule is C=CCNC(=O)C(=O)C(CCCC)NC(=O)[C@@H]1[C@@H]2C(CN1C(=O)[C@@H](NC(=O)N[C@H](CS(=O)(=O)C(C)(C)C)C(C)C)C1CCCCC1)C2(C)C. The van der Waals surface area contributed by atoms with Crippen LogP contribution in [0.3, 0.4) is 0 Å². The quantitative estimate of drug-likeness (QED) is 0.141. The number of urea groups is 1. The molecule has 2 saturated carbocycles. The van der Waals surface area contributed by atoms with E-state index in [1.807, 2.05) is 20.8 Å². The fraction of sp³-hybridized carbons (Fsp3) is 0.806. The van der Waals surface area contributed by atoms with E-state index in [9.17, 15) is 32.4 Å². The van der Waals surface area contributed by atoms with Gasteiger partial charge in [0.05, 0.1) is 16.5 Å². The molecule has 278 valence electrons. The Bertz CT molecular complexity index is 1350. The highest BCUT2D eigenvalue weighted by Crippen LogP contribution is 2.65. The van der Waals surface area contributed by atoms with E-state index in [4.69, 9.17) is 0 Å². The third-order valence-electron chi connectivity index (χ3n) is 11.0. The molecule has 0 radical (unpaired) electrons. The Balaban J connectivity index is 1.87. The molecule has 2 unspecified atom stereocenters. The lowest BCUT2D eigenvalue weighted by Gasteiger charge is -2.37. The van der Waals surface area contributed by atoms with Gasteiger partial charge in [0.2, 0.25) is 17.6 Å². The molecule has 49 heavy (non-hydrogen) atoms. The molecule has 13 heteroatoms. The summed E-state index contributed by atoms with van der Waals surface area (Å²) in [6.45, 7) is 18.7. The molecule has 1 saturated heterocycles. The average molecular weight is 708 g/mol. The smallest absolute Gasteiger partial charge is 0.315 e. The first kappa shape index (κ1) is 40.5. The molecule has 12 nitrogen and oxygen atoms in total. The van der Waals surface area contributed by atoms with Crippen LogP contribution in [0.2, 0.25) is 0 Å². The minimum Gasteiger partial charge on any atom is -0.346 e. The molecule has 6 atom stereocenters. The number of nitrogens with one attached hydrogen (secondary N) is 4. The van der Waals surface area contributed by atoms with Crippen molar-refractivity contribution in [2.24, 2.45) is 29.1 Å². The molecular weight excluding hydrogens is 646 g/mol. The van der Waals surface area contributed by atoms with E-state index < -0.39 is 62.4 Å². The van der Waals surface area contributed by atoms with E-state index in [1.54, 1.807) is 25.7 Å². The van der Waals surface area contributed by atoms with Crippen molar-refractivity contribution in [2.45, 2.75) is 136 Å². The van der Waals surface area contributed by atoms with Gasteiger partial charge in [-0.1, -0.05) is 72.8 Å². The van der Waals surface area contributed by atoms with Crippen molar-refractivity contribution in [3.63, 3.8) is 0 Å². The van der Waals surface area contributed by atoms with E-state index in [1.165, 1.54) is 6.08 Å². The zero-order valence-corrected chi connectivity index (χ0v) is 31.7. The van der Waals surface area contributed by atoms with Gasteiger partial charge >= 0.3 is 6.03 Å². The van der Waals surface area contributed by atoms with Crippen molar-refractivity contribution in [3.8, 4) is 0 Å². The minimum atomic E-state index is -3.54. The van der Waals surface area contributed by atoms with E-state index in [0.29, 0.717) is 13.0 Å². The van der Waals surface area contributed by atoms with E-state index in [2.05, 4.69) is 41.7 Å². The molecule has 3 rings (SSSR count). The van der Waals surface area contributed by atoms with Gasteiger partial charge in [-0.3, -0.25) is 19.2 Å². The Morgan fingerprint density at radius 2 is 1.63 bits per heavy atom. The number of hydrogen-bond acceptors (Lipinski definition) is 7. The van der Waals surface area contributed by atoms with Gasteiger partial charge in [-0.05, 0) is 69.1 Å². The molecule has 0 bridgehead atoms. The number of fused-ring (bicyclic) bond motifs is 1. The molecule has 0 spiro atoms. The van der Waals surface area contributed by atoms with Gasteiger partial charge in [-0.15, -0.1) is 6.58 Å². The third-order valence-corrected chi connectivity index (χ3v) is 13.7. The van der Waals surface area contributed by atoms with Crippen molar-refractivity contribution in [1.82, 2.24) is 26.2 Å². The summed E-state index contributed by atoms with van der Waals surface area (Å²) in [7, 11) is -3.54. The van der Waals surface area contributed by atoms with Crippen molar-refractivity contribution < 1.29 is 32.4 Å². The molecule has 1 aliphatic heterocycles. The molecule has 3 aliphatic rings. The first-order valence-corrected chi connectivity index (χ1v) is 19.8. The summed E-state index contributed by atoms with van der Waals surface area (Å²) in [5.41, 5.74) is -0.197. The van der Waals surface area contributed by atoms with Crippen LogP contribution in [0.1, 0.15) is 107 Å². The third kappa shape index (κ3) is 9.64. The lowest BCUT2D eigenvalue weighted by atomic mass is 9.83. The Morgan fingerprint density at radius 1 is 1.00 bits per heavy atom. The molecular formula is C36H61N5O7S. The molecule has 4 N–H and O–H groups in total. The normalized spacial score (nSPS) is 23.9. The van der Waals surface area contributed by atoms with Crippen LogP contribution in [0.15, 0.2) is 12.7 Å². The number of hydrogen-bond donors (Lipinski definition) is 4. The van der Waals surface area contributed by atoms with Crippen LogP contribution in [0, 0.1) is 29.1 Å². The van der Waals surface area contributed by atoms with Gasteiger partial charge in [0.1, 0.15) is 12.1 Å². The first-order chi connectivity index (χ1) is 22.8. The Hall–Kier alpha value is -2.96. The molecule has 0 aromatic rings. The molecule has 2 aliphatic carbocycles. The number of piperidine rings is 1. The summed E-state index contributed by atoms with van der Waals surface area (Å²) in [6.07, 6.45) is 7.46. The van der Waals surface area contributed by atoms with Gasteiger partial charge in [0, 0.05) is 19.1 Å². The number of likely N-dealkylation sites (tertiary alicyclic amines) is 1. The zero-order chi connectivity index (χ0) is 36.9. The Kier molecular flexibility index (Phi) is 13.5. The minimum absolute atomic E-state index is 0.0710. The number of unbranched alkanes of at least 4 members (excludes halogenated alkanes) is 1. The van der Waals surface area contributed by atoms with E-state index in [-0.39, 0.29) is 53.7 Å². The maximum Gasteiger partial charge on any atom is 0.315 e. The highest BCUT2D eigenvalue weighted by molar-refractivity contribution is 7.92. The number of rotatable bonds is 16. The fourth-order valence-corrected chi connectivity index (χ4v) is 8.86. The summed E-state index contributed by atoms with van der Waals surface area (Å²) in [5, 5.41) is 11.1. The summed E-state index contributed by atoms with van der Waals surface area (Å²) >= 11 is 0. The fourth-order valence-electron chi connectivity index (χ4n) is 7.42. The maximum absolute atomic E-state index is 14.5. The topological polar surface area (TPSA) is 171 Å². The van der Waals surface area contributed by atoms with Gasteiger partial charge in [-0.25, -0.2) is 13.2 Å². The predicted molar refractivity (Wildman–Crippen MR) is 190 cm³/mol. The van der Waals surface area contributed by atoms with Crippen LogP contribution in [0.5, 0.6) is 0 Å². The van der Waals surface area contributed by atoms with Crippen molar-refractivity contribution in [2.75, 3.05) is 18.8 Å². The van der Waals surface area contributed by atoms with Crippen molar-refractivity contribution in [3.05, 3.63) is 12.7 Å². The Morgan fingerprint density at radius 3 is 2.18 bits per heavy atom. The number of carbonyl (C=O) groups is 5. The van der Waals surface area contributed by atoms with Gasteiger partial charge < -0.3 is 26.2 Å². The number of amides is 5.